The van der Waals surface area contributed by atoms with Gasteiger partial charge in [-0.05, 0) is 74.6 Å². The second-order valence-electron chi connectivity index (χ2n) is 9.74. The second-order valence-corrected chi connectivity index (χ2v) is 10.7. The summed E-state index contributed by atoms with van der Waals surface area (Å²) < 4.78 is 20.3. The highest BCUT2D eigenvalue weighted by atomic mass is 32.1. The predicted molar refractivity (Wildman–Crippen MR) is 124 cm³/mol. The van der Waals surface area contributed by atoms with Crippen molar-refractivity contribution in [3.05, 3.63) is 47.1 Å². The zero-order valence-corrected chi connectivity index (χ0v) is 19.8. The lowest BCUT2D eigenvalue weighted by Crippen LogP contribution is -2.55. The minimum atomic E-state index is -0.904. The van der Waals surface area contributed by atoms with Crippen LogP contribution in [-0.2, 0) is 16.0 Å². The average Bonchev–Trinajstić information content (AvgIpc) is 3.50. The van der Waals surface area contributed by atoms with Crippen LogP contribution in [0.25, 0.3) is 10.4 Å². The van der Waals surface area contributed by atoms with Crippen molar-refractivity contribution in [2.45, 2.75) is 70.2 Å². The summed E-state index contributed by atoms with van der Waals surface area (Å²) in [5.74, 6) is -0.746. The van der Waals surface area contributed by atoms with E-state index in [9.17, 15) is 19.2 Å². The van der Waals surface area contributed by atoms with E-state index in [1.807, 2.05) is 23.6 Å². The van der Waals surface area contributed by atoms with Crippen molar-refractivity contribution in [1.82, 2.24) is 10.2 Å². The van der Waals surface area contributed by atoms with Gasteiger partial charge in [0.2, 0.25) is 5.91 Å². The largest absolute Gasteiger partial charge is 0.444 e. The van der Waals surface area contributed by atoms with Gasteiger partial charge in [0.15, 0.2) is 0 Å². The van der Waals surface area contributed by atoms with Crippen LogP contribution in [0.2, 0.25) is 0 Å². The summed E-state index contributed by atoms with van der Waals surface area (Å²) in [5.41, 5.74) is 0.472. The number of carbonyl (C=O) groups excluding carboxylic acids is 2. The second kappa shape index (κ2) is 9.14. The van der Waals surface area contributed by atoms with Crippen molar-refractivity contribution in [3.8, 4) is 16.5 Å². The van der Waals surface area contributed by atoms with Crippen LogP contribution >= 0.6 is 11.3 Å². The van der Waals surface area contributed by atoms with Crippen LogP contribution in [0, 0.1) is 23.1 Å². The van der Waals surface area contributed by atoms with Gasteiger partial charge in [-0.15, -0.1) is 11.3 Å². The van der Waals surface area contributed by atoms with Gasteiger partial charge < -0.3 is 10.1 Å². The molecule has 0 radical (unpaired) electrons. The van der Waals surface area contributed by atoms with Crippen LogP contribution in [0.3, 0.4) is 0 Å². The lowest BCUT2D eigenvalue weighted by atomic mass is 9.97. The maximum atomic E-state index is 14.7. The first kappa shape index (κ1) is 23.2. The number of carbonyl (C=O) groups is 2. The summed E-state index contributed by atoms with van der Waals surface area (Å²) >= 11 is 1.52. The van der Waals surface area contributed by atoms with Gasteiger partial charge in [0.05, 0.1) is 6.07 Å². The van der Waals surface area contributed by atoms with Gasteiger partial charge in [-0.3, -0.25) is 9.69 Å². The molecule has 8 heteroatoms. The molecule has 2 amide bonds. The minimum absolute atomic E-state index is 0.0247. The molecule has 2 fully saturated rings. The molecule has 6 nitrogen and oxygen atoms in total. The molecule has 4 atom stereocenters. The summed E-state index contributed by atoms with van der Waals surface area (Å²) in [7, 11) is 0. The molecule has 1 aromatic carbocycles. The van der Waals surface area contributed by atoms with Crippen molar-refractivity contribution in [3.63, 3.8) is 0 Å². The third kappa shape index (κ3) is 5.03. The van der Waals surface area contributed by atoms with Crippen molar-refractivity contribution in [1.29, 1.82) is 5.26 Å². The van der Waals surface area contributed by atoms with Gasteiger partial charge in [0.1, 0.15) is 23.5 Å². The number of hydrogen-bond donors (Lipinski definition) is 1. The van der Waals surface area contributed by atoms with Crippen LogP contribution in [0.4, 0.5) is 9.18 Å². The molecular weight excluding hydrogens is 441 g/mol. The van der Waals surface area contributed by atoms with Crippen LogP contribution < -0.4 is 5.32 Å². The van der Waals surface area contributed by atoms with E-state index >= 15 is 0 Å². The molecule has 1 N–H and O–H groups in total. The van der Waals surface area contributed by atoms with Gasteiger partial charge in [-0.25, -0.2) is 9.18 Å². The van der Waals surface area contributed by atoms with E-state index in [2.05, 4.69) is 11.4 Å². The fourth-order valence-corrected chi connectivity index (χ4v) is 5.54. The molecule has 2 aromatic rings. The van der Waals surface area contributed by atoms with Gasteiger partial charge in [-0.1, -0.05) is 18.2 Å². The number of nitrogens with one attached hydrogen (secondary N) is 1. The number of benzene rings is 1. The molecule has 1 aliphatic heterocycles. The Morgan fingerprint density at radius 2 is 2.12 bits per heavy atom. The number of rotatable bonds is 5. The molecular formula is C25H28FN3O3S. The fraction of sp³-hybridized carbons (Fsp3) is 0.480. The van der Waals surface area contributed by atoms with Gasteiger partial charge in [0, 0.05) is 17.3 Å². The molecule has 174 valence electrons. The number of fused-ring (bicyclic) bond motifs is 2. The number of nitriles is 1. The van der Waals surface area contributed by atoms with E-state index in [1.54, 1.807) is 31.7 Å². The number of likely N-dealkylation sites (tertiary alicyclic amines) is 1. The van der Waals surface area contributed by atoms with Crippen LogP contribution in [0.15, 0.2) is 35.7 Å². The summed E-state index contributed by atoms with van der Waals surface area (Å²) in [5, 5.41) is 14.3. The molecule has 2 heterocycles. The highest BCUT2D eigenvalue weighted by molar-refractivity contribution is 7.13. The van der Waals surface area contributed by atoms with E-state index in [0.717, 1.165) is 29.7 Å². The van der Waals surface area contributed by atoms with Crippen LogP contribution in [-0.4, -0.2) is 40.6 Å². The van der Waals surface area contributed by atoms with Crippen LogP contribution in [0.5, 0.6) is 0 Å². The van der Waals surface area contributed by atoms with Gasteiger partial charge >= 0.3 is 6.09 Å². The number of hydrogen-bond acceptors (Lipinski definition) is 5. The zero-order valence-electron chi connectivity index (χ0n) is 19.0. The first-order chi connectivity index (χ1) is 15.7. The van der Waals surface area contributed by atoms with Crippen molar-refractivity contribution < 1.29 is 18.7 Å². The summed E-state index contributed by atoms with van der Waals surface area (Å²) in [6.45, 7) is 5.37. The standard InChI is InChI=1S/C25H28FN3O3S/c1-25(2,3)32-24(31)29-19-9-8-17(12-19)22(29)23(30)28-18(14-27)11-15-6-7-16(13-20(15)26)21-5-4-10-33-21/h4-7,10,13,17-19,22H,8-9,11-12H2,1-3H3,(H,28,30). The highest BCUT2D eigenvalue weighted by Crippen LogP contribution is 2.43. The Morgan fingerprint density at radius 1 is 1.33 bits per heavy atom. The topological polar surface area (TPSA) is 82.4 Å². The number of nitrogens with zero attached hydrogens (tertiary/aromatic N) is 2. The van der Waals surface area contributed by atoms with Crippen molar-refractivity contribution in [2.24, 2.45) is 5.92 Å². The smallest absolute Gasteiger partial charge is 0.411 e. The molecule has 0 spiro atoms. The molecule has 4 unspecified atom stereocenters. The minimum Gasteiger partial charge on any atom is -0.444 e. The highest BCUT2D eigenvalue weighted by Gasteiger charge is 2.52. The number of amides is 2. The predicted octanol–water partition coefficient (Wildman–Crippen LogP) is 4.89. The summed E-state index contributed by atoms with van der Waals surface area (Å²) in [6.07, 6.45) is 2.01. The third-order valence-corrected chi connectivity index (χ3v) is 7.13. The molecule has 33 heavy (non-hydrogen) atoms. The molecule has 1 aromatic heterocycles. The lowest BCUT2D eigenvalue weighted by molar-refractivity contribution is -0.128. The van der Waals surface area contributed by atoms with Crippen LogP contribution in [0.1, 0.15) is 45.6 Å². The Bertz CT molecular complexity index is 1070. The Labute approximate surface area is 197 Å². The molecule has 1 aliphatic carbocycles. The summed E-state index contributed by atoms with van der Waals surface area (Å²) in [4.78, 5) is 28.5. The van der Waals surface area contributed by atoms with E-state index in [1.165, 1.54) is 17.4 Å². The van der Waals surface area contributed by atoms with E-state index in [-0.39, 0.29) is 24.3 Å². The Hall–Kier alpha value is -2.92. The Balaban J connectivity index is 1.45. The monoisotopic (exact) mass is 469 g/mol. The van der Waals surface area contributed by atoms with Gasteiger partial charge in [-0.2, -0.15) is 5.26 Å². The maximum Gasteiger partial charge on any atom is 0.411 e. The first-order valence-corrected chi connectivity index (χ1v) is 12.1. The average molecular weight is 470 g/mol. The fourth-order valence-electron chi connectivity index (χ4n) is 4.82. The molecule has 1 saturated carbocycles. The SMILES string of the molecule is CC(C)(C)OC(=O)N1C2CCC(C2)C1C(=O)NC(C#N)Cc1ccc(-c2cccs2)cc1F. The molecule has 2 aliphatic rings. The quantitative estimate of drug-likeness (QED) is 0.676. The Kier molecular flexibility index (Phi) is 6.44. The third-order valence-electron chi connectivity index (χ3n) is 6.21. The summed E-state index contributed by atoms with van der Waals surface area (Å²) in [6, 6.07) is 9.24. The Morgan fingerprint density at radius 3 is 2.76 bits per heavy atom. The van der Waals surface area contributed by atoms with Gasteiger partial charge in [0.25, 0.3) is 0 Å². The first-order valence-electron chi connectivity index (χ1n) is 11.2. The van der Waals surface area contributed by atoms with Crippen molar-refractivity contribution >= 4 is 23.3 Å². The van der Waals surface area contributed by atoms with E-state index in [0.29, 0.717) is 5.56 Å². The maximum absolute atomic E-state index is 14.7. The normalized spacial score (nSPS) is 22.6. The number of thiophene rings is 1. The van der Waals surface area contributed by atoms with E-state index < -0.39 is 29.6 Å². The number of halogens is 1. The molecule has 1 saturated heterocycles. The number of ether oxygens (including phenoxy) is 1. The zero-order chi connectivity index (χ0) is 23.8. The van der Waals surface area contributed by atoms with E-state index in [4.69, 9.17) is 4.74 Å². The lowest BCUT2D eigenvalue weighted by Gasteiger charge is -2.35. The molecule has 4 rings (SSSR count). The van der Waals surface area contributed by atoms with Crippen molar-refractivity contribution in [2.75, 3.05) is 0 Å². The number of piperidine rings is 1. The molecule has 2 bridgehead atoms.